The highest BCUT2D eigenvalue weighted by Gasteiger charge is 2.39. The maximum atomic E-state index is 12.9. The predicted octanol–water partition coefficient (Wildman–Crippen LogP) is 3.33. The van der Waals surface area contributed by atoms with Crippen molar-refractivity contribution in [1.82, 2.24) is 15.1 Å². The maximum absolute atomic E-state index is 12.9. The van der Waals surface area contributed by atoms with Gasteiger partial charge in [0.2, 0.25) is 0 Å². The molecule has 1 aromatic carbocycles. The number of benzene rings is 1. The van der Waals surface area contributed by atoms with Crippen molar-refractivity contribution in [3.8, 4) is 0 Å². The Labute approximate surface area is 189 Å². The summed E-state index contributed by atoms with van der Waals surface area (Å²) in [4.78, 5) is 25.3. The average Bonchev–Trinajstić information content (AvgIpc) is 3.06. The lowest BCUT2D eigenvalue weighted by molar-refractivity contribution is 0.0151. The van der Waals surface area contributed by atoms with Crippen LogP contribution in [0, 0.1) is 18.3 Å². The number of amides is 1. The van der Waals surface area contributed by atoms with E-state index in [9.17, 15) is 9.59 Å². The highest BCUT2D eigenvalue weighted by atomic mass is 16.5. The number of ether oxygens (including phenoxy) is 2. The Morgan fingerprint density at radius 2 is 2.00 bits per heavy atom. The van der Waals surface area contributed by atoms with Crippen LogP contribution in [0.3, 0.4) is 0 Å². The van der Waals surface area contributed by atoms with Gasteiger partial charge in [0.15, 0.2) is 0 Å². The molecule has 2 aliphatic rings. The molecule has 4 rings (SSSR count). The van der Waals surface area contributed by atoms with E-state index in [-0.39, 0.29) is 23.2 Å². The van der Waals surface area contributed by atoms with E-state index in [1.165, 1.54) is 0 Å². The van der Waals surface area contributed by atoms with Crippen LogP contribution < -0.4 is 5.32 Å². The Bertz CT molecular complexity index is 974. The number of nitrogens with zero attached hydrogens (tertiary/aromatic N) is 2. The van der Waals surface area contributed by atoms with Gasteiger partial charge in [-0.3, -0.25) is 9.48 Å². The quantitative estimate of drug-likeness (QED) is 0.698. The molecule has 32 heavy (non-hydrogen) atoms. The summed E-state index contributed by atoms with van der Waals surface area (Å²) in [5, 5.41) is 7.95. The van der Waals surface area contributed by atoms with Gasteiger partial charge < -0.3 is 14.8 Å². The van der Waals surface area contributed by atoms with Gasteiger partial charge in [-0.15, -0.1) is 0 Å². The molecule has 172 valence electrons. The third-order valence-electron chi connectivity index (χ3n) is 6.68. The van der Waals surface area contributed by atoms with Crippen LogP contribution in [0.1, 0.15) is 64.4 Å². The van der Waals surface area contributed by atoms with Crippen LogP contribution in [0.2, 0.25) is 0 Å². The zero-order valence-corrected chi connectivity index (χ0v) is 19.3. The minimum Gasteiger partial charge on any atom is -0.462 e. The van der Waals surface area contributed by atoms with Gasteiger partial charge in [-0.1, -0.05) is 31.5 Å². The Balaban J connectivity index is 1.49. The fraction of sp³-hybridized carbons (Fsp3) is 0.560. The van der Waals surface area contributed by atoms with Gasteiger partial charge in [0.05, 0.1) is 29.1 Å². The van der Waals surface area contributed by atoms with E-state index in [1.807, 2.05) is 37.6 Å². The number of fused-ring (bicyclic) bond motifs is 1. The summed E-state index contributed by atoms with van der Waals surface area (Å²) < 4.78 is 13.1. The lowest BCUT2D eigenvalue weighted by atomic mass is 9.76. The fourth-order valence-corrected chi connectivity index (χ4v) is 4.66. The van der Waals surface area contributed by atoms with Crippen molar-refractivity contribution in [3.63, 3.8) is 0 Å². The summed E-state index contributed by atoms with van der Waals surface area (Å²) >= 11 is 0. The van der Waals surface area contributed by atoms with E-state index < -0.39 is 0 Å². The van der Waals surface area contributed by atoms with Crippen LogP contribution >= 0.6 is 0 Å². The predicted molar refractivity (Wildman–Crippen MR) is 121 cm³/mol. The van der Waals surface area contributed by atoms with Crippen LogP contribution in [0.15, 0.2) is 24.3 Å². The first kappa shape index (κ1) is 22.5. The van der Waals surface area contributed by atoms with E-state index in [4.69, 9.17) is 14.6 Å². The number of nitrogens with one attached hydrogen (secondary N) is 1. The second-order valence-electron chi connectivity index (χ2n) is 9.35. The van der Waals surface area contributed by atoms with Crippen molar-refractivity contribution in [2.45, 2.75) is 53.0 Å². The van der Waals surface area contributed by atoms with Crippen LogP contribution in [-0.2, 0) is 28.9 Å². The summed E-state index contributed by atoms with van der Waals surface area (Å²) in [7, 11) is 0. The fourth-order valence-electron chi connectivity index (χ4n) is 4.66. The van der Waals surface area contributed by atoms with Crippen LogP contribution in [-0.4, -0.2) is 48.0 Å². The summed E-state index contributed by atoms with van der Waals surface area (Å²) in [6.07, 6.45) is 3.38. The lowest BCUT2D eigenvalue weighted by Crippen LogP contribution is -2.41. The van der Waals surface area contributed by atoms with Crippen LogP contribution in [0.5, 0.6) is 0 Å². The Kier molecular flexibility index (Phi) is 6.65. The molecule has 0 radical (unpaired) electrons. The van der Waals surface area contributed by atoms with Gasteiger partial charge >= 0.3 is 5.97 Å². The van der Waals surface area contributed by atoms with E-state index in [0.29, 0.717) is 31.7 Å². The molecule has 1 amide bonds. The monoisotopic (exact) mass is 439 g/mol. The molecule has 1 N–H and O–H groups in total. The molecule has 7 heteroatoms. The van der Waals surface area contributed by atoms with E-state index in [2.05, 4.69) is 5.32 Å². The highest BCUT2D eigenvalue weighted by Crippen LogP contribution is 2.37. The second-order valence-corrected chi connectivity index (χ2v) is 9.35. The van der Waals surface area contributed by atoms with Crippen molar-refractivity contribution in [2.24, 2.45) is 11.3 Å². The molecule has 2 aliphatic heterocycles. The molecule has 1 unspecified atom stereocenters. The van der Waals surface area contributed by atoms with Crippen molar-refractivity contribution >= 4 is 11.9 Å². The normalized spacial score (nSPS) is 18.5. The second kappa shape index (κ2) is 9.45. The molecule has 1 spiro atoms. The summed E-state index contributed by atoms with van der Waals surface area (Å²) in [6, 6.07) is 7.38. The topological polar surface area (TPSA) is 82.5 Å². The number of esters is 1. The number of carbonyl (C=O) groups excluding carboxylic acids is 2. The molecule has 0 saturated carbocycles. The van der Waals surface area contributed by atoms with Gasteiger partial charge in [0, 0.05) is 32.2 Å². The third-order valence-corrected chi connectivity index (χ3v) is 6.68. The molecule has 0 bridgehead atoms. The smallest absolute Gasteiger partial charge is 0.338 e. The van der Waals surface area contributed by atoms with Crippen molar-refractivity contribution < 1.29 is 19.1 Å². The number of aromatic nitrogens is 2. The first-order valence-electron chi connectivity index (χ1n) is 11.6. The Morgan fingerprint density at radius 1 is 1.28 bits per heavy atom. The summed E-state index contributed by atoms with van der Waals surface area (Å²) in [6.45, 7) is 9.09. The number of hydrogen-bond donors (Lipinski definition) is 1. The minimum absolute atomic E-state index is 0.0170. The molecule has 1 atom stereocenters. The van der Waals surface area contributed by atoms with Gasteiger partial charge in [0.25, 0.3) is 5.91 Å². The van der Waals surface area contributed by atoms with Gasteiger partial charge in [-0.05, 0) is 50.2 Å². The summed E-state index contributed by atoms with van der Waals surface area (Å²) in [5.41, 5.74) is 4.26. The molecule has 3 heterocycles. The summed E-state index contributed by atoms with van der Waals surface area (Å²) in [5.74, 6) is -0.272. The number of carbonyl (C=O) groups is 2. The lowest BCUT2D eigenvalue weighted by Gasteiger charge is -2.36. The molecule has 1 fully saturated rings. The number of rotatable bonds is 6. The van der Waals surface area contributed by atoms with Crippen molar-refractivity contribution in [1.29, 1.82) is 0 Å². The third kappa shape index (κ3) is 4.72. The van der Waals surface area contributed by atoms with E-state index in [0.717, 1.165) is 55.0 Å². The largest absolute Gasteiger partial charge is 0.462 e. The zero-order chi connectivity index (χ0) is 22.7. The van der Waals surface area contributed by atoms with E-state index >= 15 is 0 Å². The first-order valence-corrected chi connectivity index (χ1v) is 11.6. The van der Waals surface area contributed by atoms with Gasteiger partial charge in [-0.25, -0.2) is 4.79 Å². The SMILES string of the molecule is CCc1nn(CC(C)COC(=O)c2ccc(C)cc2)c2c1C(=O)NCC1(CCOCC1)C2. The average molecular weight is 440 g/mol. The molecule has 1 aromatic heterocycles. The maximum Gasteiger partial charge on any atom is 0.338 e. The van der Waals surface area contributed by atoms with Crippen molar-refractivity contribution in [3.05, 3.63) is 52.3 Å². The first-order chi connectivity index (χ1) is 15.4. The zero-order valence-electron chi connectivity index (χ0n) is 19.3. The van der Waals surface area contributed by atoms with E-state index in [1.54, 1.807) is 12.1 Å². The molecular formula is C25H33N3O4. The van der Waals surface area contributed by atoms with Crippen LogP contribution in [0.25, 0.3) is 0 Å². The number of aryl methyl sites for hydroxylation is 2. The van der Waals surface area contributed by atoms with Crippen molar-refractivity contribution in [2.75, 3.05) is 26.4 Å². The molecule has 7 nitrogen and oxygen atoms in total. The van der Waals surface area contributed by atoms with Crippen LogP contribution in [0.4, 0.5) is 0 Å². The molecule has 1 saturated heterocycles. The number of hydrogen-bond acceptors (Lipinski definition) is 5. The van der Waals surface area contributed by atoms with Gasteiger partial charge in [0.1, 0.15) is 0 Å². The minimum atomic E-state index is -0.314. The Morgan fingerprint density at radius 3 is 2.69 bits per heavy atom. The van der Waals surface area contributed by atoms with Gasteiger partial charge in [-0.2, -0.15) is 5.10 Å². The molecule has 0 aliphatic carbocycles. The molecule has 2 aromatic rings. The Hall–Kier alpha value is -2.67. The highest BCUT2D eigenvalue weighted by molar-refractivity contribution is 5.97. The standard InChI is InChI=1S/C25H33N3O4/c1-4-20-22-21(13-25(16-26-23(22)29)9-11-31-12-10-25)28(27-20)14-18(3)15-32-24(30)19-7-5-17(2)6-8-19/h5-8,18H,4,9-16H2,1-3H3,(H,26,29). The molecular weight excluding hydrogens is 406 g/mol.